The zero-order valence-corrected chi connectivity index (χ0v) is 14.6. The number of carbonyl (C=O) groups excluding carboxylic acids is 1. The van der Waals surface area contributed by atoms with Crippen molar-refractivity contribution in [1.29, 1.82) is 0 Å². The van der Waals surface area contributed by atoms with Gasteiger partial charge in [0.05, 0.1) is 18.7 Å². The number of likely N-dealkylation sites (tertiary alicyclic amines) is 1. The molecule has 23 heavy (non-hydrogen) atoms. The molecule has 2 rings (SSSR count). The summed E-state index contributed by atoms with van der Waals surface area (Å²) in [6, 6.07) is 3.45. The first-order chi connectivity index (χ1) is 11.1. The molecular weight excluding hydrogens is 316 g/mol. The lowest BCUT2D eigenvalue weighted by Crippen LogP contribution is -2.39. The average molecular weight is 341 g/mol. The van der Waals surface area contributed by atoms with E-state index in [1.165, 1.54) is 0 Å². The van der Waals surface area contributed by atoms with Crippen LogP contribution >= 0.6 is 11.6 Å². The van der Waals surface area contributed by atoms with Crippen LogP contribution in [0.2, 0.25) is 5.02 Å². The van der Waals surface area contributed by atoms with Crippen molar-refractivity contribution in [2.45, 2.75) is 38.6 Å². The summed E-state index contributed by atoms with van der Waals surface area (Å²) in [7, 11) is 1.55. The van der Waals surface area contributed by atoms with Crippen LogP contribution < -0.4 is 15.2 Å². The van der Waals surface area contributed by atoms with E-state index >= 15 is 0 Å². The summed E-state index contributed by atoms with van der Waals surface area (Å²) in [4.78, 5) is 14.5. The van der Waals surface area contributed by atoms with Gasteiger partial charge in [-0.3, -0.25) is 4.79 Å². The third kappa shape index (κ3) is 4.09. The number of nitrogens with zero attached hydrogens (tertiary/aromatic N) is 1. The second kappa shape index (κ2) is 8.41. The summed E-state index contributed by atoms with van der Waals surface area (Å²) in [6.45, 7) is 3.87. The fraction of sp³-hybridized carbons (Fsp3) is 0.588. The highest BCUT2D eigenvalue weighted by Gasteiger charge is 2.29. The molecule has 2 N–H and O–H groups in total. The summed E-state index contributed by atoms with van der Waals surface area (Å²) in [5.74, 6) is 0.926. The molecule has 5 nitrogen and oxygen atoms in total. The second-order valence-electron chi connectivity index (χ2n) is 5.72. The van der Waals surface area contributed by atoms with E-state index < -0.39 is 0 Å². The van der Waals surface area contributed by atoms with Gasteiger partial charge in [-0.15, -0.1) is 0 Å². The number of rotatable bonds is 7. The topological polar surface area (TPSA) is 64.8 Å². The Kier molecular flexibility index (Phi) is 6.54. The van der Waals surface area contributed by atoms with E-state index in [4.69, 9.17) is 26.8 Å². The van der Waals surface area contributed by atoms with Crippen LogP contribution in [-0.2, 0) is 0 Å². The van der Waals surface area contributed by atoms with Gasteiger partial charge in [-0.25, -0.2) is 0 Å². The van der Waals surface area contributed by atoms with Crippen molar-refractivity contribution in [3.05, 3.63) is 22.7 Å². The maximum atomic E-state index is 12.7. The van der Waals surface area contributed by atoms with Gasteiger partial charge in [0.1, 0.15) is 0 Å². The second-order valence-corrected chi connectivity index (χ2v) is 6.13. The quantitative estimate of drug-likeness (QED) is 0.775. The first-order valence-corrected chi connectivity index (χ1v) is 8.51. The highest BCUT2D eigenvalue weighted by molar-refractivity contribution is 6.32. The number of hydrogen-bond donors (Lipinski definition) is 1. The van der Waals surface area contributed by atoms with Crippen LogP contribution in [0.15, 0.2) is 12.1 Å². The van der Waals surface area contributed by atoms with Crippen molar-refractivity contribution in [2.75, 3.05) is 26.8 Å². The highest BCUT2D eigenvalue weighted by Crippen LogP contribution is 2.37. The van der Waals surface area contributed by atoms with Crippen molar-refractivity contribution in [3.63, 3.8) is 0 Å². The fourth-order valence-corrected chi connectivity index (χ4v) is 3.08. The van der Waals surface area contributed by atoms with E-state index in [1.807, 2.05) is 4.90 Å². The van der Waals surface area contributed by atoms with E-state index in [2.05, 4.69) is 6.92 Å². The van der Waals surface area contributed by atoms with Crippen LogP contribution in [0.25, 0.3) is 0 Å². The summed E-state index contributed by atoms with van der Waals surface area (Å²) in [5, 5.41) is 0.396. The van der Waals surface area contributed by atoms with Gasteiger partial charge in [0, 0.05) is 24.7 Å². The third-order valence-electron chi connectivity index (χ3n) is 4.13. The molecule has 1 atom stereocenters. The Morgan fingerprint density at radius 2 is 2.26 bits per heavy atom. The van der Waals surface area contributed by atoms with Gasteiger partial charge in [0.25, 0.3) is 5.91 Å². The van der Waals surface area contributed by atoms with Gasteiger partial charge in [0.2, 0.25) is 0 Å². The van der Waals surface area contributed by atoms with Crippen LogP contribution in [0.3, 0.4) is 0 Å². The number of benzene rings is 1. The molecule has 0 radical (unpaired) electrons. The minimum atomic E-state index is -0.0572. The predicted molar refractivity (Wildman–Crippen MR) is 91.5 cm³/mol. The lowest BCUT2D eigenvalue weighted by Gasteiger charge is -2.24. The van der Waals surface area contributed by atoms with E-state index in [0.717, 1.165) is 32.2 Å². The highest BCUT2D eigenvalue weighted by atomic mass is 35.5. The number of carbonyl (C=O) groups is 1. The van der Waals surface area contributed by atoms with Crippen molar-refractivity contribution in [1.82, 2.24) is 4.90 Å². The van der Waals surface area contributed by atoms with Crippen molar-refractivity contribution in [3.8, 4) is 11.5 Å². The number of halogens is 1. The monoisotopic (exact) mass is 340 g/mol. The van der Waals surface area contributed by atoms with Gasteiger partial charge in [-0.05, 0) is 31.4 Å². The third-order valence-corrected chi connectivity index (χ3v) is 4.41. The van der Waals surface area contributed by atoms with Gasteiger partial charge >= 0.3 is 0 Å². The molecule has 0 aromatic heterocycles. The van der Waals surface area contributed by atoms with Crippen molar-refractivity contribution < 1.29 is 14.3 Å². The summed E-state index contributed by atoms with van der Waals surface area (Å²) in [5.41, 5.74) is 6.26. The standard InChI is InChI=1S/C17H25ClN2O3/c1-3-4-8-23-16-14(18)9-12(10-15(16)22-2)17(21)20-7-5-6-13(20)11-19/h9-10,13H,3-8,11,19H2,1-2H3. The molecule has 1 aromatic carbocycles. The Morgan fingerprint density at radius 3 is 2.91 bits per heavy atom. The summed E-state index contributed by atoms with van der Waals surface area (Å²) in [6.07, 6.45) is 3.90. The van der Waals surface area contributed by atoms with Crippen molar-refractivity contribution in [2.24, 2.45) is 5.73 Å². The molecule has 128 valence electrons. The first kappa shape index (κ1) is 17.9. The Labute approximate surface area is 142 Å². The molecule has 1 heterocycles. The molecule has 1 aliphatic rings. The number of nitrogens with two attached hydrogens (primary N) is 1. The number of amides is 1. The number of unbranched alkanes of at least 4 members (excludes halogenated alkanes) is 1. The minimum absolute atomic E-state index is 0.0572. The lowest BCUT2D eigenvalue weighted by atomic mass is 10.1. The van der Waals surface area contributed by atoms with E-state index in [0.29, 0.717) is 35.2 Å². The molecule has 0 aliphatic carbocycles. The molecule has 1 amide bonds. The van der Waals surface area contributed by atoms with Crippen LogP contribution in [-0.4, -0.2) is 43.7 Å². The summed E-state index contributed by atoms with van der Waals surface area (Å²) >= 11 is 6.31. The number of ether oxygens (including phenoxy) is 2. The van der Waals surface area contributed by atoms with E-state index in [1.54, 1.807) is 19.2 Å². The fourth-order valence-electron chi connectivity index (χ4n) is 2.82. The number of hydrogen-bond acceptors (Lipinski definition) is 4. The van der Waals surface area contributed by atoms with Crippen LogP contribution in [0.4, 0.5) is 0 Å². The van der Waals surface area contributed by atoms with Crippen LogP contribution in [0.1, 0.15) is 43.0 Å². The maximum Gasteiger partial charge on any atom is 0.254 e. The first-order valence-electron chi connectivity index (χ1n) is 8.13. The molecule has 0 saturated carbocycles. The van der Waals surface area contributed by atoms with Gasteiger partial charge in [-0.2, -0.15) is 0 Å². The van der Waals surface area contributed by atoms with Crippen LogP contribution in [0, 0.1) is 0 Å². The molecule has 1 aromatic rings. The van der Waals surface area contributed by atoms with Gasteiger partial charge in [-0.1, -0.05) is 24.9 Å². The van der Waals surface area contributed by atoms with E-state index in [-0.39, 0.29) is 11.9 Å². The largest absolute Gasteiger partial charge is 0.493 e. The average Bonchev–Trinajstić information content (AvgIpc) is 3.03. The molecule has 1 saturated heterocycles. The molecule has 1 fully saturated rings. The minimum Gasteiger partial charge on any atom is -0.493 e. The lowest BCUT2D eigenvalue weighted by molar-refractivity contribution is 0.0740. The molecular formula is C17H25ClN2O3. The molecule has 1 unspecified atom stereocenters. The molecule has 6 heteroatoms. The van der Waals surface area contributed by atoms with Crippen LogP contribution in [0.5, 0.6) is 11.5 Å². The SMILES string of the molecule is CCCCOc1c(Cl)cc(C(=O)N2CCCC2CN)cc1OC. The van der Waals surface area contributed by atoms with Crippen molar-refractivity contribution >= 4 is 17.5 Å². The smallest absolute Gasteiger partial charge is 0.254 e. The van der Waals surface area contributed by atoms with E-state index in [9.17, 15) is 4.79 Å². The Balaban J connectivity index is 2.23. The summed E-state index contributed by atoms with van der Waals surface area (Å²) < 4.78 is 11.1. The molecule has 0 bridgehead atoms. The Morgan fingerprint density at radius 1 is 1.48 bits per heavy atom. The molecule has 0 spiro atoms. The zero-order chi connectivity index (χ0) is 16.8. The zero-order valence-electron chi connectivity index (χ0n) is 13.8. The van der Waals surface area contributed by atoms with Gasteiger partial charge < -0.3 is 20.1 Å². The Hall–Kier alpha value is -1.46. The maximum absolute atomic E-state index is 12.7. The normalized spacial score (nSPS) is 17.4. The van der Waals surface area contributed by atoms with Gasteiger partial charge in [0.15, 0.2) is 11.5 Å². The Bertz CT molecular complexity index is 551. The molecule has 1 aliphatic heterocycles. The predicted octanol–water partition coefficient (Wildman–Crippen LogP) is 3.09. The number of methoxy groups -OCH3 is 1.